The van der Waals surface area contributed by atoms with Crippen LogP contribution in [-0.2, 0) is 29.0 Å². The van der Waals surface area contributed by atoms with Crippen LogP contribution in [0, 0.1) is 5.82 Å². The predicted octanol–water partition coefficient (Wildman–Crippen LogP) is 7.67. The molecule has 0 fully saturated rings. The molecule has 6 heteroatoms. The molecule has 0 saturated carbocycles. The molecule has 39 heavy (non-hydrogen) atoms. The van der Waals surface area contributed by atoms with Crippen molar-refractivity contribution < 1.29 is 18.7 Å². The van der Waals surface area contributed by atoms with Crippen molar-refractivity contribution in [2.45, 2.75) is 73.8 Å². The Morgan fingerprint density at radius 1 is 1.08 bits per heavy atom. The van der Waals surface area contributed by atoms with E-state index < -0.39 is 5.82 Å². The molecular formula is C33H45FN2O3. The van der Waals surface area contributed by atoms with Crippen LogP contribution in [0.3, 0.4) is 0 Å². The highest BCUT2D eigenvalue weighted by Gasteiger charge is 2.15. The van der Waals surface area contributed by atoms with Gasteiger partial charge in [0.25, 0.3) is 5.91 Å². The molecular weight excluding hydrogens is 491 g/mol. The molecule has 1 heterocycles. The Morgan fingerprint density at radius 3 is 2.26 bits per heavy atom. The summed E-state index contributed by atoms with van der Waals surface area (Å²) in [6.45, 7) is 15.5. The lowest BCUT2D eigenvalue weighted by molar-refractivity contribution is -0.117. The molecule has 0 bridgehead atoms. The number of carbonyl (C=O) groups is 2. The zero-order chi connectivity index (χ0) is 29.6. The van der Waals surface area contributed by atoms with Crippen molar-refractivity contribution in [2.24, 2.45) is 0 Å². The summed E-state index contributed by atoms with van der Waals surface area (Å²) in [6.07, 6.45) is 13.5. The van der Waals surface area contributed by atoms with Crippen molar-refractivity contribution in [3.8, 4) is 5.75 Å². The standard InChI is InChI=1S/C24H29FN2O2.C7H10O.C2H6/c1-5-17(3)20(9-7-8-19-12-10-18(6-2)11-13-19)24(28)27-16-21-23(25)22(29-4)14-15-26-21;1-3-4-5-6-7(2)8;1-2/h9-15H,3,5-8,16H2,1-2,4H3,(H,27,28);3-6H,1-2H3;1-2H3/b20-9+;4-3-,6-5-;. The summed E-state index contributed by atoms with van der Waals surface area (Å²) in [7, 11) is 1.39. The van der Waals surface area contributed by atoms with Gasteiger partial charge in [0.2, 0.25) is 0 Å². The van der Waals surface area contributed by atoms with Gasteiger partial charge in [-0.3, -0.25) is 14.6 Å². The van der Waals surface area contributed by atoms with E-state index in [2.05, 4.69) is 48.1 Å². The minimum absolute atomic E-state index is 0.0192. The fourth-order valence-electron chi connectivity index (χ4n) is 3.22. The quantitative estimate of drug-likeness (QED) is 0.223. The summed E-state index contributed by atoms with van der Waals surface area (Å²) < 4.78 is 19.2. The van der Waals surface area contributed by atoms with Crippen molar-refractivity contribution >= 4 is 11.7 Å². The molecule has 1 N–H and O–H groups in total. The van der Waals surface area contributed by atoms with Crippen molar-refractivity contribution in [2.75, 3.05) is 7.11 Å². The molecule has 0 aliphatic carbocycles. The number of nitrogens with one attached hydrogen (secondary N) is 1. The van der Waals surface area contributed by atoms with E-state index >= 15 is 0 Å². The van der Waals surface area contributed by atoms with E-state index in [0.29, 0.717) is 12.0 Å². The van der Waals surface area contributed by atoms with E-state index in [4.69, 9.17) is 4.74 Å². The van der Waals surface area contributed by atoms with E-state index in [1.54, 1.807) is 6.08 Å². The van der Waals surface area contributed by atoms with Crippen LogP contribution in [0.1, 0.15) is 71.2 Å². The average Bonchev–Trinajstić information content (AvgIpc) is 2.96. The molecule has 0 unspecified atom stereocenters. The van der Waals surface area contributed by atoms with Crippen LogP contribution >= 0.6 is 0 Å². The third kappa shape index (κ3) is 14.1. The van der Waals surface area contributed by atoms with Gasteiger partial charge in [-0.05, 0) is 62.3 Å². The fraction of sp³-hybridized carbons (Fsp3) is 0.364. The number of hydrogen-bond acceptors (Lipinski definition) is 4. The number of pyridine rings is 1. The lowest BCUT2D eigenvalue weighted by Crippen LogP contribution is -2.26. The van der Waals surface area contributed by atoms with Gasteiger partial charge in [0.1, 0.15) is 0 Å². The predicted molar refractivity (Wildman–Crippen MR) is 160 cm³/mol. The summed E-state index contributed by atoms with van der Waals surface area (Å²) in [4.78, 5) is 26.9. The largest absolute Gasteiger partial charge is 0.494 e. The molecule has 0 aliphatic rings. The number of benzene rings is 1. The van der Waals surface area contributed by atoms with Crippen LogP contribution in [0.5, 0.6) is 5.75 Å². The van der Waals surface area contributed by atoms with Gasteiger partial charge in [-0.25, -0.2) is 4.39 Å². The Balaban J connectivity index is 0.00000124. The number of halogens is 1. The average molecular weight is 537 g/mol. The molecule has 212 valence electrons. The molecule has 0 radical (unpaired) electrons. The highest BCUT2D eigenvalue weighted by atomic mass is 19.1. The van der Waals surface area contributed by atoms with Crippen molar-refractivity contribution in [1.29, 1.82) is 0 Å². The Kier molecular flexibility index (Phi) is 19.1. The van der Waals surface area contributed by atoms with E-state index in [-0.39, 0.29) is 29.7 Å². The molecule has 0 aliphatic heterocycles. The van der Waals surface area contributed by atoms with E-state index in [1.807, 2.05) is 45.9 Å². The Morgan fingerprint density at radius 2 is 1.72 bits per heavy atom. The minimum atomic E-state index is -0.564. The minimum Gasteiger partial charge on any atom is -0.494 e. The van der Waals surface area contributed by atoms with Gasteiger partial charge in [-0.15, -0.1) is 0 Å². The molecule has 1 aromatic heterocycles. The number of nitrogens with zero attached hydrogens (tertiary/aromatic N) is 1. The summed E-state index contributed by atoms with van der Waals surface area (Å²) in [6, 6.07) is 9.95. The molecule has 2 rings (SSSR count). The van der Waals surface area contributed by atoms with Crippen LogP contribution in [0.2, 0.25) is 0 Å². The summed E-state index contributed by atoms with van der Waals surface area (Å²) in [5, 5.41) is 2.74. The number of allylic oxidation sites excluding steroid dienone is 5. The second kappa shape index (κ2) is 21.2. The SMILES string of the molecule is C/C=C\C=C/C(C)=O.C=C(CC)/C(=C\CCc1ccc(CC)cc1)C(=O)NCc1nccc(OC)c1F.CC. The Hall–Kier alpha value is -3.80. The molecule has 2 aromatic rings. The van der Waals surface area contributed by atoms with Gasteiger partial charge >= 0.3 is 0 Å². The number of aryl methyl sites for hydroxylation is 2. The van der Waals surface area contributed by atoms with Crippen molar-refractivity contribution in [3.05, 3.63) is 107 Å². The lowest BCUT2D eigenvalue weighted by atomic mass is 10.0. The molecule has 1 amide bonds. The van der Waals surface area contributed by atoms with Gasteiger partial charge in [0.05, 0.1) is 19.3 Å². The number of ether oxygens (including phenoxy) is 1. The summed E-state index contributed by atoms with van der Waals surface area (Å²) in [5.41, 5.74) is 3.96. The number of rotatable bonds is 12. The van der Waals surface area contributed by atoms with Crippen LogP contribution in [0.15, 0.2) is 84.6 Å². The van der Waals surface area contributed by atoms with Crippen molar-refractivity contribution in [1.82, 2.24) is 10.3 Å². The third-order valence-electron chi connectivity index (χ3n) is 5.46. The number of aromatic nitrogens is 1. The first kappa shape index (κ1) is 35.2. The topological polar surface area (TPSA) is 68.3 Å². The maximum Gasteiger partial charge on any atom is 0.251 e. The monoisotopic (exact) mass is 536 g/mol. The van der Waals surface area contributed by atoms with E-state index in [1.165, 1.54) is 43.5 Å². The Labute approximate surface area is 234 Å². The van der Waals surface area contributed by atoms with Crippen LogP contribution < -0.4 is 10.1 Å². The van der Waals surface area contributed by atoms with Gasteiger partial charge < -0.3 is 10.1 Å². The number of methoxy groups -OCH3 is 1. The molecule has 1 aromatic carbocycles. The van der Waals surface area contributed by atoms with Gasteiger partial charge in [0.15, 0.2) is 17.3 Å². The highest BCUT2D eigenvalue weighted by molar-refractivity contribution is 5.97. The van der Waals surface area contributed by atoms with Crippen molar-refractivity contribution in [3.63, 3.8) is 0 Å². The maximum absolute atomic E-state index is 14.2. The van der Waals surface area contributed by atoms with Gasteiger partial charge in [0, 0.05) is 17.8 Å². The third-order valence-corrected chi connectivity index (χ3v) is 5.46. The lowest BCUT2D eigenvalue weighted by Gasteiger charge is -2.12. The second-order valence-corrected chi connectivity index (χ2v) is 8.24. The summed E-state index contributed by atoms with van der Waals surface area (Å²) in [5.74, 6) is -0.650. The normalized spacial score (nSPS) is 10.8. The molecule has 0 saturated heterocycles. The summed E-state index contributed by atoms with van der Waals surface area (Å²) >= 11 is 0. The smallest absolute Gasteiger partial charge is 0.251 e. The highest BCUT2D eigenvalue weighted by Crippen LogP contribution is 2.19. The number of ketones is 1. The maximum atomic E-state index is 14.2. The second-order valence-electron chi connectivity index (χ2n) is 8.24. The Bertz CT molecular complexity index is 1120. The number of amides is 1. The van der Waals surface area contributed by atoms with Crippen LogP contribution in [0.4, 0.5) is 4.39 Å². The molecule has 0 atom stereocenters. The van der Waals surface area contributed by atoms with Gasteiger partial charge in [-0.1, -0.05) is 82.8 Å². The molecule has 5 nitrogen and oxygen atoms in total. The first-order valence-corrected chi connectivity index (χ1v) is 13.5. The van der Waals surface area contributed by atoms with E-state index in [0.717, 1.165) is 24.8 Å². The van der Waals surface area contributed by atoms with Gasteiger partial charge in [-0.2, -0.15) is 0 Å². The number of hydrogen-bond donors (Lipinski definition) is 1. The fourth-order valence-corrected chi connectivity index (χ4v) is 3.22. The zero-order valence-corrected chi connectivity index (χ0v) is 24.6. The molecule has 0 spiro atoms. The van der Waals surface area contributed by atoms with Crippen LogP contribution in [0.25, 0.3) is 0 Å². The zero-order valence-electron chi connectivity index (χ0n) is 24.6. The first-order valence-electron chi connectivity index (χ1n) is 13.5. The van der Waals surface area contributed by atoms with E-state index in [9.17, 15) is 14.0 Å². The van der Waals surface area contributed by atoms with Crippen LogP contribution in [-0.4, -0.2) is 23.8 Å². The number of carbonyl (C=O) groups excluding carboxylic acids is 2. The first-order chi connectivity index (χ1) is 18.8.